The molecule has 0 aliphatic heterocycles. The predicted octanol–water partition coefficient (Wildman–Crippen LogP) is 1.68. The number of nitrogens with zero attached hydrogens (tertiary/aromatic N) is 1. The van der Waals surface area contributed by atoms with E-state index >= 15 is 0 Å². The number of hydrogen-bond acceptors (Lipinski definition) is 3. The second kappa shape index (κ2) is 3.57. The highest BCUT2D eigenvalue weighted by Gasteiger charge is 2.10. The van der Waals surface area contributed by atoms with Crippen LogP contribution in [0.5, 0.6) is 5.75 Å². The Kier molecular flexibility index (Phi) is 2.69. The molecule has 3 nitrogen and oxygen atoms in total. The molecule has 12 heavy (non-hydrogen) atoms. The van der Waals surface area contributed by atoms with Gasteiger partial charge in [-0.1, -0.05) is 12.1 Å². The molecule has 0 aromatic heterocycles. The highest BCUT2D eigenvalue weighted by atomic mass is 79.9. The second-order valence-corrected chi connectivity index (χ2v) is 3.14. The maximum absolute atomic E-state index is 9.42. The molecule has 0 fully saturated rings. The van der Waals surface area contributed by atoms with Crippen molar-refractivity contribution in [3.8, 4) is 11.8 Å². The Morgan fingerprint density at radius 2 is 2.25 bits per heavy atom. The first kappa shape index (κ1) is 9.04. The van der Waals surface area contributed by atoms with Crippen LogP contribution in [-0.4, -0.2) is 5.11 Å². The molecule has 0 saturated heterocycles. The minimum Gasteiger partial charge on any atom is -0.506 e. The number of nitrogens with two attached hydrogens (primary N) is 1. The molecule has 3 N–H and O–H groups in total. The van der Waals surface area contributed by atoms with Crippen LogP contribution in [0.4, 0.5) is 0 Å². The summed E-state index contributed by atoms with van der Waals surface area (Å²) in [6, 6.07) is 6.09. The minimum absolute atomic E-state index is 0.0338. The van der Waals surface area contributed by atoms with Crippen molar-refractivity contribution in [3.63, 3.8) is 0 Å². The lowest BCUT2D eigenvalue weighted by molar-refractivity contribution is 0.463. The smallest absolute Gasteiger partial charge is 0.135 e. The van der Waals surface area contributed by atoms with Gasteiger partial charge in [-0.15, -0.1) is 0 Å². The van der Waals surface area contributed by atoms with Gasteiger partial charge in [-0.3, -0.25) is 0 Å². The number of hydrogen-bond donors (Lipinski definition) is 2. The quantitative estimate of drug-likeness (QED) is 0.766. The van der Waals surface area contributed by atoms with E-state index in [1.54, 1.807) is 18.2 Å². The van der Waals surface area contributed by atoms with Gasteiger partial charge in [0.1, 0.15) is 11.8 Å². The number of phenolic OH excluding ortho intramolecular Hbond substituents is 1. The number of nitriles is 1. The van der Waals surface area contributed by atoms with E-state index in [1.165, 1.54) is 0 Å². The fraction of sp³-hybridized carbons (Fsp3) is 0.125. The Bertz CT molecular complexity index is 332. The molecule has 1 atom stereocenters. The van der Waals surface area contributed by atoms with E-state index in [0.717, 1.165) is 0 Å². The zero-order valence-corrected chi connectivity index (χ0v) is 7.75. The van der Waals surface area contributed by atoms with Crippen LogP contribution in [0.3, 0.4) is 0 Å². The molecule has 1 rings (SSSR count). The van der Waals surface area contributed by atoms with Crippen LogP contribution in [-0.2, 0) is 0 Å². The molecule has 0 saturated carbocycles. The average Bonchev–Trinajstić information content (AvgIpc) is 2.08. The second-order valence-electron chi connectivity index (χ2n) is 2.28. The van der Waals surface area contributed by atoms with Crippen LogP contribution in [0.25, 0.3) is 0 Å². The first-order valence-corrected chi connectivity index (χ1v) is 4.08. The molecule has 0 spiro atoms. The maximum atomic E-state index is 9.42. The first-order valence-electron chi connectivity index (χ1n) is 3.29. The standard InChI is InChI=1S/C8H7BrN2O/c9-6-3-1-2-5(8(6)12)7(11)4-10/h1-3,7,12H,11H2. The topological polar surface area (TPSA) is 70.0 Å². The van der Waals surface area contributed by atoms with Gasteiger partial charge in [0.05, 0.1) is 10.5 Å². The fourth-order valence-corrected chi connectivity index (χ4v) is 1.23. The lowest BCUT2D eigenvalue weighted by Gasteiger charge is -2.06. The molecule has 0 amide bonds. The van der Waals surface area contributed by atoms with Crippen molar-refractivity contribution in [2.24, 2.45) is 5.73 Å². The maximum Gasteiger partial charge on any atom is 0.135 e. The van der Waals surface area contributed by atoms with Gasteiger partial charge >= 0.3 is 0 Å². The van der Waals surface area contributed by atoms with E-state index < -0.39 is 6.04 Å². The zero-order chi connectivity index (χ0) is 9.14. The molecule has 1 unspecified atom stereocenters. The van der Waals surface area contributed by atoms with E-state index in [9.17, 15) is 5.11 Å². The Morgan fingerprint density at radius 3 is 2.83 bits per heavy atom. The molecule has 1 aromatic rings. The summed E-state index contributed by atoms with van der Waals surface area (Å²) in [5.41, 5.74) is 5.86. The van der Waals surface area contributed by atoms with Gasteiger partial charge in [0.25, 0.3) is 0 Å². The molecule has 0 aliphatic carbocycles. The number of para-hydroxylation sites is 1. The van der Waals surface area contributed by atoms with Crippen molar-refractivity contribution in [1.82, 2.24) is 0 Å². The van der Waals surface area contributed by atoms with Crippen molar-refractivity contribution >= 4 is 15.9 Å². The van der Waals surface area contributed by atoms with E-state index in [2.05, 4.69) is 15.9 Å². The third kappa shape index (κ3) is 1.58. The highest BCUT2D eigenvalue weighted by molar-refractivity contribution is 9.10. The SMILES string of the molecule is N#CC(N)c1cccc(Br)c1O. The summed E-state index contributed by atoms with van der Waals surface area (Å²) < 4.78 is 0.547. The zero-order valence-electron chi connectivity index (χ0n) is 6.16. The lowest BCUT2D eigenvalue weighted by Crippen LogP contribution is -2.07. The fourth-order valence-electron chi connectivity index (χ4n) is 0.853. The number of rotatable bonds is 1. The molecule has 62 valence electrons. The Hall–Kier alpha value is -1.05. The Morgan fingerprint density at radius 1 is 1.58 bits per heavy atom. The molecular weight excluding hydrogens is 220 g/mol. The van der Waals surface area contributed by atoms with Gasteiger partial charge in [0.15, 0.2) is 0 Å². The van der Waals surface area contributed by atoms with Gasteiger partial charge in [-0.2, -0.15) is 5.26 Å². The van der Waals surface area contributed by atoms with Gasteiger partial charge in [0, 0.05) is 5.56 Å². The van der Waals surface area contributed by atoms with Crippen molar-refractivity contribution in [1.29, 1.82) is 5.26 Å². The summed E-state index contributed by atoms with van der Waals surface area (Å²) in [6.07, 6.45) is 0. The van der Waals surface area contributed by atoms with E-state index in [0.29, 0.717) is 10.0 Å². The minimum atomic E-state index is -0.775. The van der Waals surface area contributed by atoms with Gasteiger partial charge in [-0.05, 0) is 22.0 Å². The van der Waals surface area contributed by atoms with Crippen molar-refractivity contribution in [2.45, 2.75) is 6.04 Å². The molecule has 0 bridgehead atoms. The number of aromatic hydroxyl groups is 1. The molecule has 0 radical (unpaired) electrons. The van der Waals surface area contributed by atoms with E-state index in [-0.39, 0.29) is 5.75 Å². The summed E-state index contributed by atoms with van der Waals surface area (Å²) in [5.74, 6) is 0.0338. The van der Waals surface area contributed by atoms with Crippen LogP contribution >= 0.6 is 15.9 Å². The summed E-state index contributed by atoms with van der Waals surface area (Å²) in [4.78, 5) is 0. The van der Waals surface area contributed by atoms with Crippen LogP contribution < -0.4 is 5.73 Å². The predicted molar refractivity (Wildman–Crippen MR) is 48.3 cm³/mol. The summed E-state index contributed by atoms with van der Waals surface area (Å²) in [6.45, 7) is 0. The Balaban J connectivity index is 3.18. The van der Waals surface area contributed by atoms with E-state index in [4.69, 9.17) is 11.0 Å². The lowest BCUT2D eigenvalue weighted by atomic mass is 10.1. The third-order valence-electron chi connectivity index (χ3n) is 1.49. The monoisotopic (exact) mass is 226 g/mol. The summed E-state index contributed by atoms with van der Waals surface area (Å²) >= 11 is 3.13. The number of phenols is 1. The Labute approximate surface area is 78.6 Å². The summed E-state index contributed by atoms with van der Waals surface area (Å²) in [5, 5.41) is 17.9. The molecule has 1 aromatic carbocycles. The number of benzene rings is 1. The molecule has 0 aliphatic rings. The van der Waals surface area contributed by atoms with Crippen molar-refractivity contribution in [3.05, 3.63) is 28.2 Å². The average molecular weight is 227 g/mol. The molecule has 0 heterocycles. The molecule has 4 heteroatoms. The normalized spacial score (nSPS) is 12.1. The highest BCUT2D eigenvalue weighted by Crippen LogP contribution is 2.30. The number of halogens is 1. The van der Waals surface area contributed by atoms with Gasteiger partial charge in [0.2, 0.25) is 0 Å². The van der Waals surface area contributed by atoms with Crippen LogP contribution in [0, 0.1) is 11.3 Å². The van der Waals surface area contributed by atoms with Gasteiger partial charge in [-0.25, -0.2) is 0 Å². The third-order valence-corrected chi connectivity index (χ3v) is 2.13. The van der Waals surface area contributed by atoms with Crippen LogP contribution in [0.1, 0.15) is 11.6 Å². The largest absolute Gasteiger partial charge is 0.506 e. The van der Waals surface area contributed by atoms with Crippen LogP contribution in [0.2, 0.25) is 0 Å². The van der Waals surface area contributed by atoms with Crippen LogP contribution in [0.15, 0.2) is 22.7 Å². The first-order chi connectivity index (χ1) is 5.66. The van der Waals surface area contributed by atoms with E-state index in [1.807, 2.05) is 6.07 Å². The summed E-state index contributed by atoms with van der Waals surface area (Å²) in [7, 11) is 0. The molecular formula is C8H7BrN2O. The van der Waals surface area contributed by atoms with Crippen molar-refractivity contribution < 1.29 is 5.11 Å². The van der Waals surface area contributed by atoms with Gasteiger partial charge < -0.3 is 10.8 Å². The van der Waals surface area contributed by atoms with Crippen molar-refractivity contribution in [2.75, 3.05) is 0 Å².